The summed E-state index contributed by atoms with van der Waals surface area (Å²) >= 11 is -0.826. The number of methoxy groups -OCH3 is 2. The molecule has 6 aromatic carbocycles. The van der Waals surface area contributed by atoms with Crippen LogP contribution in [-0.4, -0.2) is 30.4 Å². The van der Waals surface area contributed by atoms with E-state index in [1.165, 1.54) is 119 Å². The van der Waals surface area contributed by atoms with Crippen LogP contribution in [0, 0.1) is 61.2 Å². The Morgan fingerprint density at radius 3 is 1.34 bits per heavy atom. The average molecular weight is 1530 g/mol. The molecule has 0 bridgehead atoms. The second-order valence-corrected chi connectivity index (χ2v) is 52.2. The van der Waals surface area contributed by atoms with E-state index in [1.54, 1.807) is 5.57 Å². The number of rotatable bonds is 10. The quantitative estimate of drug-likeness (QED) is 0.101. The molecular weight excluding hydrogens is 1400 g/mol. The van der Waals surface area contributed by atoms with E-state index in [4.69, 9.17) is 26.5 Å². The summed E-state index contributed by atoms with van der Waals surface area (Å²) in [6.45, 7) is 63.2. The molecule has 2 saturated carbocycles. The Kier molecular flexibility index (Phi) is 25.3. The predicted molar refractivity (Wildman–Crippen MR) is 456 cm³/mol. The summed E-state index contributed by atoms with van der Waals surface area (Å²) in [5.74, 6) is 5.81. The van der Waals surface area contributed by atoms with Crippen LogP contribution in [0.3, 0.4) is 0 Å². The number of ether oxygens (including phenoxy) is 2. The summed E-state index contributed by atoms with van der Waals surface area (Å²) in [6.07, 6.45) is 15.7. The molecular formula is C96H130Cl2O2Si2Zr. The fourth-order valence-corrected chi connectivity index (χ4v) is 31.4. The summed E-state index contributed by atoms with van der Waals surface area (Å²) in [5, 5.41) is 0. The van der Waals surface area contributed by atoms with Gasteiger partial charge in [-0.15, -0.1) is 0 Å². The molecule has 2 fully saturated rings. The second kappa shape index (κ2) is 31.1. The van der Waals surface area contributed by atoms with Gasteiger partial charge in [-0.1, -0.05) is 334 Å². The van der Waals surface area contributed by atoms with Crippen LogP contribution in [0.5, 0.6) is 5.75 Å². The van der Waals surface area contributed by atoms with Gasteiger partial charge in [-0.3, -0.25) is 0 Å². The topological polar surface area (TPSA) is 18.5 Å². The fraction of sp³-hybridized carbons (Fsp3) is 0.479. The van der Waals surface area contributed by atoms with Gasteiger partial charge in [0.2, 0.25) is 0 Å². The first-order valence-corrected chi connectivity index (χ1v) is 50.6. The van der Waals surface area contributed by atoms with E-state index >= 15 is 0 Å². The molecule has 6 aliphatic carbocycles. The van der Waals surface area contributed by atoms with Crippen LogP contribution in [0.1, 0.15) is 232 Å². The third-order valence-electron chi connectivity index (χ3n) is 24.6. The van der Waals surface area contributed by atoms with Gasteiger partial charge < -0.3 is 24.3 Å². The van der Waals surface area contributed by atoms with Crippen molar-refractivity contribution >= 4 is 56.5 Å². The van der Waals surface area contributed by atoms with E-state index in [0.29, 0.717) is 46.6 Å². The number of hydrogen-bond acceptors (Lipinski definition) is 2. The van der Waals surface area contributed by atoms with E-state index in [2.05, 4.69) is 336 Å². The zero-order valence-corrected chi connectivity index (χ0v) is 75.2. The van der Waals surface area contributed by atoms with Crippen LogP contribution in [0.4, 0.5) is 0 Å². The van der Waals surface area contributed by atoms with Gasteiger partial charge in [0.05, 0.1) is 30.4 Å². The van der Waals surface area contributed by atoms with Crippen molar-refractivity contribution < 1.29 is 30.3 Å². The van der Waals surface area contributed by atoms with Crippen molar-refractivity contribution in [2.75, 3.05) is 14.2 Å². The monoisotopic (exact) mass is 1530 g/mol. The fourth-order valence-electron chi connectivity index (χ4n) is 20.2. The third kappa shape index (κ3) is 16.5. The van der Waals surface area contributed by atoms with Gasteiger partial charge in [0, 0.05) is 27.8 Å². The Balaban J connectivity index is 0.000000247. The predicted octanol–water partition coefficient (Wildman–Crippen LogP) is 29.1. The summed E-state index contributed by atoms with van der Waals surface area (Å²) in [5.41, 5.74) is 31.0. The van der Waals surface area contributed by atoms with Gasteiger partial charge in [0.1, 0.15) is 11.5 Å². The van der Waals surface area contributed by atoms with Crippen LogP contribution >= 0.6 is 17.0 Å². The van der Waals surface area contributed by atoms with Gasteiger partial charge in [-0.2, -0.15) is 0 Å². The van der Waals surface area contributed by atoms with Crippen LogP contribution in [0.15, 0.2) is 174 Å². The van der Waals surface area contributed by atoms with E-state index < -0.39 is 37.0 Å². The van der Waals surface area contributed by atoms with Crippen molar-refractivity contribution in [3.8, 4) is 28.0 Å². The van der Waals surface area contributed by atoms with Crippen molar-refractivity contribution in [3.63, 3.8) is 0 Å². The Hall–Kier alpha value is -4.74. The van der Waals surface area contributed by atoms with Crippen molar-refractivity contribution in [1.82, 2.24) is 0 Å². The molecule has 0 aromatic heterocycles. The minimum absolute atomic E-state index is 0. The molecule has 103 heavy (non-hydrogen) atoms. The first-order valence-electron chi connectivity index (χ1n) is 37.9. The molecule has 10 unspecified atom stereocenters. The number of benzene rings is 6. The van der Waals surface area contributed by atoms with Crippen molar-refractivity contribution in [1.29, 1.82) is 0 Å². The van der Waals surface area contributed by atoms with Gasteiger partial charge >= 0.3 is 37.9 Å². The van der Waals surface area contributed by atoms with E-state index in [1.807, 2.05) is 14.2 Å². The van der Waals surface area contributed by atoms with E-state index in [9.17, 15) is 0 Å². The minimum atomic E-state index is -2.12. The molecule has 7 heteroatoms. The first kappa shape index (κ1) is 83.9. The first-order chi connectivity index (χ1) is 46.9. The Bertz CT molecular complexity index is 4210. The van der Waals surface area contributed by atoms with Crippen LogP contribution in [-0.2, 0) is 47.2 Å². The van der Waals surface area contributed by atoms with Gasteiger partial charge in [-0.25, -0.2) is 0 Å². The molecule has 0 radical (unpaired) electrons. The van der Waals surface area contributed by atoms with Crippen molar-refractivity contribution in [3.05, 3.63) is 244 Å². The Morgan fingerprint density at radius 1 is 0.447 bits per heavy atom. The maximum atomic E-state index is 6.38. The van der Waals surface area contributed by atoms with Gasteiger partial charge in [0.25, 0.3) is 0 Å². The number of allylic oxidation sites excluding steroid dienone is 9. The van der Waals surface area contributed by atoms with Crippen molar-refractivity contribution in [2.45, 2.75) is 235 Å². The molecule has 0 heterocycles. The molecule has 0 N–H and O–H groups in total. The standard InChI is InChI=1S/C47H66OSi.C47H58OSi.2CH3.2ClH.Zr/c2*1-29-24-36-35(31-20-22-33(23-21-31)45(3,4)5)26-34(46(6,7)8)27-38(36)43(29)49(13,14)44-30(2)25-37-39(44)28-40(47(9,10)11)42(48-12)41(37)32-18-16-15-17-19-32;;;;;/h15-23,26-30,36-39,43-44H,24-25H2,1-14H3;15-28,43-44H,1-14H3;2*1H3;2*1H;/q;;2*-1;;;+4/p-2. The van der Waals surface area contributed by atoms with E-state index in [0.717, 1.165) is 22.6 Å². The third-order valence-corrected chi connectivity index (χ3v) is 34.5. The van der Waals surface area contributed by atoms with Crippen LogP contribution < -0.4 is 4.74 Å². The molecule has 0 saturated heterocycles. The van der Waals surface area contributed by atoms with Crippen LogP contribution in [0.25, 0.3) is 45.6 Å². The molecule has 6 aliphatic rings. The number of halogens is 2. The van der Waals surface area contributed by atoms with Crippen molar-refractivity contribution in [2.24, 2.45) is 46.3 Å². The number of hydrogen-bond donors (Lipinski definition) is 0. The second-order valence-electron chi connectivity index (χ2n) is 38.7. The molecule has 10 atom stereocenters. The van der Waals surface area contributed by atoms with Gasteiger partial charge in [0.15, 0.2) is 0 Å². The van der Waals surface area contributed by atoms with Crippen LogP contribution in [0.2, 0.25) is 37.3 Å². The maximum absolute atomic E-state index is 6.38. The molecule has 6 aromatic rings. The average Bonchev–Trinajstić information content (AvgIpc) is 1.57. The number of fused-ring (bicyclic) bond motifs is 4. The molecule has 0 spiro atoms. The molecule has 2 nitrogen and oxygen atoms in total. The normalized spacial score (nSPS) is 23.2. The summed E-state index contributed by atoms with van der Waals surface area (Å²) < 4.78 is 12.7. The molecule has 12 rings (SSSR count). The van der Waals surface area contributed by atoms with Gasteiger partial charge in [-0.05, 0) is 189 Å². The summed E-state index contributed by atoms with van der Waals surface area (Å²) in [4.78, 5) is 0. The van der Waals surface area contributed by atoms with E-state index in [-0.39, 0.29) is 47.3 Å². The Labute approximate surface area is 649 Å². The SMILES string of the molecule is COC1=C(c2ccccc2)C2CC(C)C([Si](C)(C)C3C(C)CC4C(c5ccc(C(C)(C)C)cc5)=CC(C(C)(C)C)=CC43)C2C=C1C(C)(C)C.COc1c(C(C)(C)C)cc2c(c1-c1ccccc1)C=C(C)C2[Si](C)(C)C1C(C)=Cc2c(-c3ccc(C(C)(C)C)cc3)cc(C(C)(C)C)cc21.[CH3-].[CH3-].[Cl][Zr+2][Cl]. The zero-order chi connectivity index (χ0) is 74.4. The Morgan fingerprint density at radius 2 is 0.893 bits per heavy atom. The molecule has 0 aliphatic heterocycles. The summed E-state index contributed by atoms with van der Waals surface area (Å²) in [7, 11) is 9.63. The summed E-state index contributed by atoms with van der Waals surface area (Å²) in [6, 6.07) is 48.7. The zero-order valence-electron chi connectivity index (χ0n) is 69.3. The molecule has 552 valence electrons. The molecule has 0 amide bonds.